The van der Waals surface area contributed by atoms with Gasteiger partial charge in [0.15, 0.2) is 16.6 Å². The Bertz CT molecular complexity index is 1280. The molecule has 2 aromatic heterocycles. The Morgan fingerprint density at radius 1 is 1.21 bits per heavy atom. The van der Waals surface area contributed by atoms with Crippen LogP contribution in [0.5, 0.6) is 5.75 Å². The molecule has 7 nitrogen and oxygen atoms in total. The van der Waals surface area contributed by atoms with Gasteiger partial charge in [0.1, 0.15) is 0 Å². The van der Waals surface area contributed by atoms with Gasteiger partial charge in [-0.3, -0.25) is 14.9 Å². The molecule has 0 atom stereocenters. The topological polar surface area (TPSA) is 97.1 Å². The first-order valence-corrected chi connectivity index (χ1v) is 10.4. The van der Waals surface area contributed by atoms with Crippen molar-refractivity contribution in [2.24, 2.45) is 0 Å². The van der Waals surface area contributed by atoms with E-state index in [4.69, 9.17) is 0 Å². The maximum Gasteiger partial charge on any atom is 0.281 e. The fraction of sp³-hybridized carbons (Fsp3) is 0.100. The first-order valence-electron chi connectivity index (χ1n) is 8.74. The third kappa shape index (κ3) is 3.92. The van der Waals surface area contributed by atoms with Crippen molar-refractivity contribution in [1.29, 1.82) is 0 Å². The van der Waals surface area contributed by atoms with Gasteiger partial charge < -0.3 is 5.11 Å². The molecule has 146 valence electrons. The molecule has 9 heteroatoms. The van der Waals surface area contributed by atoms with Crippen LogP contribution in [0.4, 0.5) is 5.13 Å². The Hall–Kier alpha value is -3.04. The second kappa shape index (κ2) is 7.76. The molecule has 2 N–H and O–H groups in total. The van der Waals surface area contributed by atoms with Crippen molar-refractivity contribution in [2.45, 2.75) is 13.3 Å². The van der Waals surface area contributed by atoms with E-state index in [2.05, 4.69) is 38.3 Å². The van der Waals surface area contributed by atoms with E-state index in [-0.39, 0.29) is 5.69 Å². The maximum atomic E-state index is 12.7. The number of anilines is 1. The van der Waals surface area contributed by atoms with Gasteiger partial charge in [-0.1, -0.05) is 40.3 Å². The molecule has 0 saturated carbocycles. The van der Waals surface area contributed by atoms with Gasteiger partial charge in [-0.25, -0.2) is 4.98 Å². The molecule has 0 aliphatic rings. The number of halogens is 1. The zero-order valence-electron chi connectivity index (χ0n) is 15.2. The van der Waals surface area contributed by atoms with Crippen molar-refractivity contribution in [3.05, 3.63) is 74.6 Å². The van der Waals surface area contributed by atoms with Gasteiger partial charge >= 0.3 is 0 Å². The Balaban J connectivity index is 1.67. The van der Waals surface area contributed by atoms with E-state index in [9.17, 15) is 14.7 Å². The van der Waals surface area contributed by atoms with E-state index in [0.717, 1.165) is 31.9 Å². The van der Waals surface area contributed by atoms with Crippen LogP contribution in [0.15, 0.2) is 57.8 Å². The summed E-state index contributed by atoms with van der Waals surface area (Å²) in [7, 11) is 0. The van der Waals surface area contributed by atoms with Crippen LogP contribution in [-0.4, -0.2) is 25.8 Å². The van der Waals surface area contributed by atoms with E-state index < -0.39 is 17.2 Å². The maximum absolute atomic E-state index is 12.7. The van der Waals surface area contributed by atoms with Crippen LogP contribution in [0.25, 0.3) is 15.9 Å². The zero-order valence-corrected chi connectivity index (χ0v) is 17.6. The lowest BCUT2D eigenvalue weighted by atomic mass is 10.2. The number of amides is 1. The summed E-state index contributed by atoms with van der Waals surface area (Å²) in [5, 5.41) is 17.2. The number of hydrogen-bond acceptors (Lipinski definition) is 6. The van der Waals surface area contributed by atoms with E-state index >= 15 is 0 Å². The van der Waals surface area contributed by atoms with Crippen LogP contribution in [0.1, 0.15) is 23.0 Å². The lowest BCUT2D eigenvalue weighted by Gasteiger charge is -2.08. The minimum Gasteiger partial charge on any atom is -0.505 e. The summed E-state index contributed by atoms with van der Waals surface area (Å²) in [5.41, 5.74) is 1.62. The van der Waals surface area contributed by atoms with Crippen molar-refractivity contribution in [2.75, 3.05) is 5.32 Å². The molecule has 29 heavy (non-hydrogen) atoms. The molecule has 0 aliphatic carbocycles. The molecule has 0 aliphatic heterocycles. The number of thiazole rings is 1. The predicted octanol–water partition coefficient (Wildman–Crippen LogP) is 4.13. The molecule has 4 rings (SSSR count). The Labute approximate surface area is 177 Å². The van der Waals surface area contributed by atoms with Crippen molar-refractivity contribution in [1.82, 2.24) is 14.8 Å². The zero-order chi connectivity index (χ0) is 20.5. The number of aromatic hydroxyl groups is 1. The number of carbonyl (C=O) groups excluding carboxylic acids is 1. The summed E-state index contributed by atoms with van der Waals surface area (Å²) in [6.45, 7) is 2.07. The van der Waals surface area contributed by atoms with Crippen LogP contribution in [0.2, 0.25) is 0 Å². The van der Waals surface area contributed by atoms with Gasteiger partial charge in [-0.2, -0.15) is 9.78 Å². The molecular weight excluding hydrogens is 456 g/mol. The number of aryl methyl sites for hydroxylation is 1. The van der Waals surface area contributed by atoms with E-state index in [1.807, 2.05) is 18.2 Å². The summed E-state index contributed by atoms with van der Waals surface area (Å²) in [5.74, 6) is -1.14. The molecule has 0 fully saturated rings. The minimum absolute atomic E-state index is 0.263. The van der Waals surface area contributed by atoms with Crippen LogP contribution in [-0.2, 0) is 6.42 Å². The number of carbonyl (C=O) groups is 1. The largest absolute Gasteiger partial charge is 0.505 e. The lowest BCUT2D eigenvalue weighted by Crippen LogP contribution is -2.25. The molecule has 0 spiro atoms. The van der Waals surface area contributed by atoms with Crippen LogP contribution >= 0.6 is 27.3 Å². The molecule has 0 bridgehead atoms. The molecule has 4 aromatic rings. The molecular formula is C20H15BrN4O3S. The first kappa shape index (κ1) is 19.3. The SMILES string of the molecule is CCc1ccc2nc(NC(=O)c3nn(-c4ccc(Br)cc4)c(=O)cc3O)sc2c1. The lowest BCUT2D eigenvalue weighted by molar-refractivity contribution is 0.101. The van der Waals surface area contributed by atoms with Crippen molar-refractivity contribution in [3.8, 4) is 11.4 Å². The average molecular weight is 471 g/mol. The average Bonchev–Trinajstić information content (AvgIpc) is 3.10. The number of hydrogen-bond donors (Lipinski definition) is 2. The standard InChI is InChI=1S/C20H15BrN4O3S/c1-2-11-3-8-14-16(9-11)29-20(22-14)23-19(28)18-15(26)10-17(27)25(24-18)13-6-4-12(21)5-7-13/h3-10,26H,2H2,1H3,(H,22,23,28). The van der Waals surface area contributed by atoms with Gasteiger partial charge in [0.2, 0.25) is 0 Å². The molecule has 2 heterocycles. The van der Waals surface area contributed by atoms with E-state index in [1.54, 1.807) is 24.3 Å². The molecule has 0 unspecified atom stereocenters. The van der Waals surface area contributed by atoms with Gasteiger partial charge in [0.25, 0.3) is 11.5 Å². The Morgan fingerprint density at radius 3 is 2.69 bits per heavy atom. The predicted molar refractivity (Wildman–Crippen MR) is 116 cm³/mol. The molecule has 1 amide bonds. The molecule has 0 radical (unpaired) electrons. The molecule has 2 aromatic carbocycles. The number of benzene rings is 2. The molecule has 0 saturated heterocycles. The van der Waals surface area contributed by atoms with E-state index in [1.165, 1.54) is 16.9 Å². The summed E-state index contributed by atoms with van der Waals surface area (Å²) < 4.78 is 2.86. The quantitative estimate of drug-likeness (QED) is 0.467. The van der Waals surface area contributed by atoms with Gasteiger partial charge in [0, 0.05) is 10.5 Å². The highest BCUT2D eigenvalue weighted by Gasteiger charge is 2.18. The fourth-order valence-electron chi connectivity index (χ4n) is 2.77. The van der Waals surface area contributed by atoms with Crippen molar-refractivity contribution >= 4 is 48.5 Å². The number of aromatic nitrogens is 3. The second-order valence-corrected chi connectivity index (χ2v) is 8.18. The summed E-state index contributed by atoms with van der Waals surface area (Å²) in [6, 6.07) is 13.8. The third-order valence-electron chi connectivity index (χ3n) is 4.28. The number of nitrogens with zero attached hydrogens (tertiary/aromatic N) is 3. The fourth-order valence-corrected chi connectivity index (χ4v) is 3.96. The second-order valence-electron chi connectivity index (χ2n) is 6.23. The highest BCUT2D eigenvalue weighted by atomic mass is 79.9. The summed E-state index contributed by atoms with van der Waals surface area (Å²) in [4.78, 5) is 29.3. The summed E-state index contributed by atoms with van der Waals surface area (Å²) >= 11 is 4.66. The van der Waals surface area contributed by atoms with Gasteiger partial charge in [0.05, 0.1) is 15.9 Å². The third-order valence-corrected chi connectivity index (χ3v) is 5.74. The number of fused-ring (bicyclic) bond motifs is 1. The Morgan fingerprint density at radius 2 is 1.97 bits per heavy atom. The van der Waals surface area contributed by atoms with Gasteiger partial charge in [-0.15, -0.1) is 0 Å². The summed E-state index contributed by atoms with van der Waals surface area (Å²) in [6.07, 6.45) is 0.908. The smallest absolute Gasteiger partial charge is 0.281 e. The Kier molecular flexibility index (Phi) is 5.16. The monoisotopic (exact) mass is 470 g/mol. The normalized spacial score (nSPS) is 11.0. The number of nitrogens with one attached hydrogen (secondary N) is 1. The minimum atomic E-state index is -0.650. The number of rotatable bonds is 4. The van der Waals surface area contributed by atoms with Crippen molar-refractivity contribution in [3.63, 3.8) is 0 Å². The first-order chi connectivity index (χ1) is 13.9. The van der Waals surface area contributed by atoms with Crippen LogP contribution in [0.3, 0.4) is 0 Å². The highest BCUT2D eigenvalue weighted by Crippen LogP contribution is 2.27. The van der Waals surface area contributed by atoms with E-state index in [0.29, 0.717) is 10.8 Å². The van der Waals surface area contributed by atoms with Crippen LogP contribution < -0.4 is 10.9 Å². The van der Waals surface area contributed by atoms with Crippen molar-refractivity contribution < 1.29 is 9.90 Å². The van der Waals surface area contributed by atoms with Gasteiger partial charge in [-0.05, 0) is 48.4 Å². The highest BCUT2D eigenvalue weighted by molar-refractivity contribution is 9.10. The van der Waals surface area contributed by atoms with Crippen LogP contribution in [0, 0.1) is 0 Å².